The predicted octanol–water partition coefficient (Wildman–Crippen LogP) is 4.66. The fourth-order valence-corrected chi connectivity index (χ4v) is 6.59. The van der Waals surface area contributed by atoms with Crippen molar-refractivity contribution >= 4 is 25.7 Å². The third-order valence-electron chi connectivity index (χ3n) is 6.89. The summed E-state index contributed by atoms with van der Waals surface area (Å²) in [7, 11) is -0.510. The van der Waals surface area contributed by atoms with Gasteiger partial charge in [-0.3, -0.25) is 9.59 Å². The van der Waals surface area contributed by atoms with Crippen LogP contribution in [0.4, 0.5) is 5.69 Å². The van der Waals surface area contributed by atoms with Crippen LogP contribution in [0.25, 0.3) is 0 Å². The summed E-state index contributed by atoms with van der Waals surface area (Å²) in [6, 6.07) is 6.75. The van der Waals surface area contributed by atoms with Crippen molar-refractivity contribution in [3.63, 3.8) is 0 Å². The summed E-state index contributed by atoms with van der Waals surface area (Å²) in [5, 5.41) is 0.0510. The molecule has 1 aliphatic heterocycles. The average Bonchev–Trinajstić information content (AvgIpc) is 2.59. The van der Waals surface area contributed by atoms with Gasteiger partial charge in [0, 0.05) is 5.69 Å². The predicted molar refractivity (Wildman–Crippen MR) is 115 cm³/mol. The normalized spacial score (nSPS) is 21.5. The van der Waals surface area contributed by atoms with Crippen molar-refractivity contribution in [2.45, 2.75) is 71.8 Å². The molecule has 0 saturated carbocycles. The first-order valence-corrected chi connectivity index (χ1v) is 12.9. The van der Waals surface area contributed by atoms with E-state index in [1.165, 1.54) is 0 Å². The molecule has 0 radical (unpaired) electrons. The van der Waals surface area contributed by atoms with E-state index in [1.54, 1.807) is 31.1 Å². The lowest BCUT2D eigenvalue weighted by molar-refractivity contribution is -0.141. The van der Waals surface area contributed by atoms with Crippen molar-refractivity contribution in [1.29, 1.82) is 0 Å². The molecule has 1 saturated heterocycles. The smallest absolute Gasteiger partial charge is 0.235 e. The van der Waals surface area contributed by atoms with Gasteiger partial charge in [-0.05, 0) is 62.2 Å². The summed E-state index contributed by atoms with van der Waals surface area (Å²) in [5.74, 6) is 0.684. The molecule has 0 aromatic heterocycles. The summed E-state index contributed by atoms with van der Waals surface area (Å²) in [5.41, 5.74) is 0.716. The summed E-state index contributed by atoms with van der Waals surface area (Å²) in [6.45, 7) is 16.8. The van der Waals surface area contributed by atoms with Crippen LogP contribution in [0.3, 0.4) is 0 Å². The molecule has 0 spiro atoms. The molecule has 28 heavy (non-hydrogen) atoms. The van der Waals surface area contributed by atoms with Gasteiger partial charge >= 0.3 is 0 Å². The van der Waals surface area contributed by atoms with Gasteiger partial charge in [0.1, 0.15) is 11.8 Å². The molecule has 5 nitrogen and oxygen atoms in total. The molecule has 0 N–H and O–H groups in total. The fourth-order valence-electron chi connectivity index (χ4n) is 3.82. The van der Waals surface area contributed by atoms with Gasteiger partial charge in [-0.1, -0.05) is 27.7 Å². The molecule has 1 heterocycles. The number of benzene rings is 1. The monoisotopic (exact) mass is 405 g/mol. The minimum atomic E-state index is -2.11. The van der Waals surface area contributed by atoms with Gasteiger partial charge in [0.2, 0.25) is 5.91 Å². The van der Waals surface area contributed by atoms with E-state index >= 15 is 0 Å². The van der Waals surface area contributed by atoms with Crippen LogP contribution in [-0.2, 0) is 14.0 Å². The number of nitrogens with zero attached hydrogens (tertiary/aromatic N) is 1. The van der Waals surface area contributed by atoms with Crippen LogP contribution in [0.2, 0.25) is 18.1 Å². The molecule has 1 aromatic rings. The van der Waals surface area contributed by atoms with E-state index in [0.717, 1.165) is 0 Å². The number of hydrogen-bond acceptors (Lipinski definition) is 4. The summed E-state index contributed by atoms with van der Waals surface area (Å²) in [4.78, 5) is 27.0. The number of carbonyl (C=O) groups excluding carboxylic acids is 2. The molecule has 6 heteroatoms. The largest absolute Gasteiger partial charge is 0.497 e. The Morgan fingerprint density at radius 3 is 2.11 bits per heavy atom. The van der Waals surface area contributed by atoms with Gasteiger partial charge in [0.05, 0.1) is 19.1 Å². The number of amides is 1. The zero-order chi connectivity index (χ0) is 21.4. The highest BCUT2D eigenvalue weighted by molar-refractivity contribution is 6.74. The van der Waals surface area contributed by atoms with Crippen LogP contribution in [0.5, 0.6) is 5.75 Å². The molecule has 1 aromatic carbocycles. The summed E-state index contributed by atoms with van der Waals surface area (Å²) >= 11 is 0. The Kier molecular flexibility index (Phi) is 6.46. The van der Waals surface area contributed by atoms with Crippen LogP contribution in [0.15, 0.2) is 24.3 Å². The number of ether oxygens (including phenoxy) is 1. The Morgan fingerprint density at radius 1 is 1.14 bits per heavy atom. The summed E-state index contributed by atoms with van der Waals surface area (Å²) in [6.07, 6.45) is -0.296. The van der Waals surface area contributed by atoms with E-state index in [-0.39, 0.29) is 22.8 Å². The van der Waals surface area contributed by atoms with E-state index in [2.05, 4.69) is 40.8 Å². The van der Waals surface area contributed by atoms with E-state index in [0.29, 0.717) is 17.4 Å². The molecule has 1 aliphatic rings. The van der Waals surface area contributed by atoms with Crippen molar-refractivity contribution in [3.05, 3.63) is 24.3 Å². The number of ketones is 1. The molecular formula is C22H35NO4Si. The van der Waals surface area contributed by atoms with Gasteiger partial charge in [0.15, 0.2) is 14.1 Å². The van der Waals surface area contributed by atoms with Gasteiger partial charge in [-0.15, -0.1) is 0 Å². The Balaban J connectivity index is 2.23. The minimum absolute atomic E-state index is 0.0153. The van der Waals surface area contributed by atoms with Crippen LogP contribution in [-0.4, -0.2) is 39.3 Å². The van der Waals surface area contributed by atoms with E-state index < -0.39 is 20.3 Å². The number of anilines is 1. The van der Waals surface area contributed by atoms with E-state index in [9.17, 15) is 9.59 Å². The highest BCUT2D eigenvalue weighted by Crippen LogP contribution is 2.46. The second-order valence-corrected chi connectivity index (χ2v) is 13.7. The average molecular weight is 406 g/mol. The van der Waals surface area contributed by atoms with Gasteiger partial charge in [-0.25, -0.2) is 0 Å². The molecular weight excluding hydrogens is 370 g/mol. The lowest BCUT2D eigenvalue weighted by Gasteiger charge is -2.51. The Labute approximate surface area is 170 Å². The lowest BCUT2D eigenvalue weighted by Crippen LogP contribution is -2.68. The molecule has 0 aliphatic carbocycles. The van der Waals surface area contributed by atoms with Crippen LogP contribution >= 0.6 is 0 Å². The number of β-lactam (4-membered cyclic amide) rings is 1. The van der Waals surface area contributed by atoms with Crippen LogP contribution < -0.4 is 9.64 Å². The van der Waals surface area contributed by atoms with Gasteiger partial charge in [-0.2, -0.15) is 0 Å². The number of carbonyl (C=O) groups is 2. The topological polar surface area (TPSA) is 55.8 Å². The third-order valence-corrected chi connectivity index (χ3v) is 11.5. The Morgan fingerprint density at radius 2 is 1.68 bits per heavy atom. The standard InChI is InChI=1S/C22H35NO4Si/c1-14(2)22(5,6)28(8,9)27-16(4)19-20(15(3)24)23(21(19)25)17-10-12-18(26-7)13-11-17/h10-14,16,19-20H,1-9H3/t16?,19-,20-/m0/s1. The van der Waals surface area contributed by atoms with Crippen molar-refractivity contribution in [3.8, 4) is 5.75 Å². The van der Waals surface area contributed by atoms with Crippen LogP contribution in [0, 0.1) is 11.8 Å². The van der Waals surface area contributed by atoms with E-state index in [1.807, 2.05) is 19.1 Å². The molecule has 1 fully saturated rings. The maximum absolute atomic E-state index is 13.0. The summed E-state index contributed by atoms with van der Waals surface area (Å²) < 4.78 is 11.7. The van der Waals surface area contributed by atoms with Gasteiger partial charge < -0.3 is 14.1 Å². The second kappa shape index (κ2) is 7.99. The highest BCUT2D eigenvalue weighted by atomic mass is 28.4. The number of Topliss-reactive ketones (excluding diaryl/α,β-unsaturated/α-hetero) is 1. The molecule has 0 bridgehead atoms. The SMILES string of the molecule is COc1ccc(N2C(=O)[C@@H](C(C)O[Si](C)(C)C(C)(C)C(C)C)[C@@H]2C(C)=O)cc1. The van der Waals surface area contributed by atoms with E-state index in [4.69, 9.17) is 9.16 Å². The molecule has 156 valence electrons. The third kappa shape index (κ3) is 3.89. The highest BCUT2D eigenvalue weighted by Gasteiger charge is 2.55. The first-order valence-electron chi connectivity index (χ1n) is 10.0. The molecule has 3 atom stereocenters. The Bertz CT molecular complexity index is 727. The molecule has 2 rings (SSSR count). The first kappa shape index (κ1) is 22.6. The fraction of sp³-hybridized carbons (Fsp3) is 0.636. The first-order chi connectivity index (χ1) is 12.8. The maximum Gasteiger partial charge on any atom is 0.235 e. The van der Waals surface area contributed by atoms with Crippen molar-refractivity contribution in [2.24, 2.45) is 11.8 Å². The van der Waals surface area contributed by atoms with Crippen molar-refractivity contribution in [2.75, 3.05) is 12.0 Å². The second-order valence-electron chi connectivity index (χ2n) is 9.20. The number of methoxy groups -OCH3 is 1. The maximum atomic E-state index is 13.0. The number of hydrogen-bond donors (Lipinski definition) is 0. The quantitative estimate of drug-likeness (QED) is 0.466. The van der Waals surface area contributed by atoms with Crippen molar-refractivity contribution in [1.82, 2.24) is 0 Å². The van der Waals surface area contributed by atoms with Gasteiger partial charge in [0.25, 0.3) is 0 Å². The molecule has 1 unspecified atom stereocenters. The lowest BCUT2D eigenvalue weighted by atomic mass is 9.80. The zero-order valence-corrected chi connectivity index (χ0v) is 19.7. The molecule has 1 amide bonds. The minimum Gasteiger partial charge on any atom is -0.497 e. The van der Waals surface area contributed by atoms with Crippen molar-refractivity contribution < 1.29 is 18.8 Å². The zero-order valence-electron chi connectivity index (χ0n) is 18.7. The number of rotatable bonds is 8. The Hall–Kier alpha value is -1.66. The van der Waals surface area contributed by atoms with Crippen LogP contribution in [0.1, 0.15) is 41.5 Å².